The first-order chi connectivity index (χ1) is 12.2. The molecule has 144 valence electrons. The van der Waals surface area contributed by atoms with Crippen LogP contribution >= 0.6 is 0 Å². The minimum absolute atomic E-state index is 0.0169. The van der Waals surface area contributed by atoms with Gasteiger partial charge in [0, 0.05) is 19.1 Å². The summed E-state index contributed by atoms with van der Waals surface area (Å²) in [6, 6.07) is 2.85. The maximum atomic E-state index is 13.0. The molecule has 1 saturated heterocycles. The predicted octanol–water partition coefficient (Wildman–Crippen LogP) is 1.44. The smallest absolute Gasteiger partial charge is 0.355 e. The lowest BCUT2D eigenvalue weighted by Crippen LogP contribution is -2.45. The molecular weight excluding hydrogens is 373 g/mol. The number of hydrogen-bond donors (Lipinski definition) is 1. The largest absolute Gasteiger partial charge is 0.453 e. The molecule has 12 heteroatoms. The molecule has 0 spiro atoms. The van der Waals surface area contributed by atoms with Gasteiger partial charge in [-0.3, -0.25) is 0 Å². The number of halogens is 3. The van der Waals surface area contributed by atoms with Gasteiger partial charge in [-0.15, -0.1) is 15.3 Å². The molecule has 26 heavy (non-hydrogen) atoms. The number of alkyl halides is 3. The molecular formula is C14H19F3N6O2S. The molecule has 0 amide bonds. The van der Waals surface area contributed by atoms with E-state index >= 15 is 0 Å². The Morgan fingerprint density at radius 1 is 1.23 bits per heavy atom. The molecule has 3 heterocycles. The Labute approximate surface area is 148 Å². The molecule has 1 fully saturated rings. The van der Waals surface area contributed by atoms with Gasteiger partial charge >= 0.3 is 6.18 Å². The maximum Gasteiger partial charge on any atom is 0.453 e. The van der Waals surface area contributed by atoms with E-state index in [4.69, 9.17) is 0 Å². The Kier molecular flexibility index (Phi) is 5.06. The van der Waals surface area contributed by atoms with Gasteiger partial charge in [0.15, 0.2) is 5.65 Å². The fourth-order valence-electron chi connectivity index (χ4n) is 2.93. The molecule has 0 atom stereocenters. The molecule has 1 aliphatic rings. The Hall–Kier alpha value is -1.95. The van der Waals surface area contributed by atoms with E-state index in [1.807, 2.05) is 4.90 Å². The fourth-order valence-corrected chi connectivity index (χ4v) is 4.33. The first kappa shape index (κ1) is 18.8. The number of aromatic nitrogens is 4. The van der Waals surface area contributed by atoms with Crippen LogP contribution in [0.25, 0.3) is 5.65 Å². The Morgan fingerprint density at radius 2 is 1.92 bits per heavy atom. The van der Waals surface area contributed by atoms with Gasteiger partial charge in [-0.1, -0.05) is 6.92 Å². The van der Waals surface area contributed by atoms with Crippen molar-refractivity contribution in [1.82, 2.24) is 24.5 Å². The summed E-state index contributed by atoms with van der Waals surface area (Å²) in [7, 11) is -3.29. The monoisotopic (exact) mass is 392 g/mol. The topological polar surface area (TPSA) is 92.5 Å². The van der Waals surface area contributed by atoms with E-state index < -0.39 is 22.0 Å². The summed E-state index contributed by atoms with van der Waals surface area (Å²) in [5.41, 5.74) is 0.0169. The number of rotatable bonds is 5. The Bertz CT molecular complexity index is 874. The van der Waals surface area contributed by atoms with E-state index in [0.717, 1.165) is 0 Å². The zero-order chi connectivity index (χ0) is 18.9. The van der Waals surface area contributed by atoms with Crippen LogP contribution in [-0.4, -0.2) is 53.1 Å². The summed E-state index contributed by atoms with van der Waals surface area (Å²) >= 11 is 0. The van der Waals surface area contributed by atoms with Gasteiger partial charge in [0.05, 0.1) is 5.75 Å². The van der Waals surface area contributed by atoms with E-state index in [1.165, 1.54) is 6.07 Å². The summed E-state index contributed by atoms with van der Waals surface area (Å²) in [5.74, 6) is -0.714. The van der Waals surface area contributed by atoms with Gasteiger partial charge in [-0.05, 0) is 31.4 Å². The van der Waals surface area contributed by atoms with Crippen LogP contribution in [-0.2, 0) is 16.2 Å². The number of hydrogen-bond acceptors (Lipinski definition) is 6. The van der Waals surface area contributed by atoms with Crippen LogP contribution in [0, 0.1) is 0 Å². The zero-order valence-corrected chi connectivity index (χ0v) is 14.9. The number of piperidine rings is 1. The van der Waals surface area contributed by atoms with Crippen molar-refractivity contribution in [3.05, 3.63) is 18.0 Å². The van der Waals surface area contributed by atoms with E-state index in [-0.39, 0.29) is 17.4 Å². The quantitative estimate of drug-likeness (QED) is 0.828. The number of anilines is 1. The second kappa shape index (κ2) is 6.99. The summed E-state index contributed by atoms with van der Waals surface area (Å²) in [6.07, 6.45) is -3.00. The van der Waals surface area contributed by atoms with E-state index in [2.05, 4.69) is 20.0 Å². The highest BCUT2D eigenvalue weighted by Gasteiger charge is 2.38. The van der Waals surface area contributed by atoms with Crippen molar-refractivity contribution in [1.29, 1.82) is 0 Å². The molecule has 2 aromatic heterocycles. The van der Waals surface area contributed by atoms with Crippen LogP contribution in [0.2, 0.25) is 0 Å². The lowest BCUT2D eigenvalue weighted by Gasteiger charge is -2.32. The highest BCUT2D eigenvalue weighted by Crippen LogP contribution is 2.28. The van der Waals surface area contributed by atoms with Crippen molar-refractivity contribution in [2.75, 3.05) is 23.7 Å². The lowest BCUT2D eigenvalue weighted by molar-refractivity contribution is -0.146. The molecule has 1 aliphatic heterocycles. The summed E-state index contributed by atoms with van der Waals surface area (Å²) in [6.45, 7) is 2.77. The van der Waals surface area contributed by atoms with Gasteiger partial charge in [0.2, 0.25) is 10.0 Å². The molecule has 0 unspecified atom stereocenters. The molecule has 0 saturated carbocycles. The van der Waals surface area contributed by atoms with E-state index in [0.29, 0.717) is 42.7 Å². The first-order valence-electron chi connectivity index (χ1n) is 8.24. The minimum atomic E-state index is -4.64. The molecule has 8 nitrogen and oxygen atoms in total. The summed E-state index contributed by atoms with van der Waals surface area (Å²) in [5, 5.41) is 10.6. The van der Waals surface area contributed by atoms with Gasteiger partial charge in [0.25, 0.3) is 5.82 Å². The van der Waals surface area contributed by atoms with Gasteiger partial charge in [-0.2, -0.15) is 17.7 Å². The van der Waals surface area contributed by atoms with Crippen LogP contribution in [0.3, 0.4) is 0 Å². The van der Waals surface area contributed by atoms with Crippen LogP contribution in [0.4, 0.5) is 19.0 Å². The first-order valence-corrected chi connectivity index (χ1v) is 9.89. The molecule has 1 N–H and O–H groups in total. The van der Waals surface area contributed by atoms with Crippen molar-refractivity contribution >= 4 is 21.5 Å². The molecule has 0 aliphatic carbocycles. The van der Waals surface area contributed by atoms with Crippen molar-refractivity contribution in [2.24, 2.45) is 0 Å². The highest BCUT2D eigenvalue weighted by atomic mass is 32.2. The predicted molar refractivity (Wildman–Crippen MR) is 88.2 cm³/mol. The normalized spacial score (nSPS) is 17.2. The number of fused-ring (bicyclic) bond motifs is 1. The van der Waals surface area contributed by atoms with Crippen molar-refractivity contribution < 1.29 is 21.6 Å². The summed E-state index contributed by atoms with van der Waals surface area (Å²) < 4.78 is 65.9. The minimum Gasteiger partial charge on any atom is -0.355 e. The fraction of sp³-hybridized carbons (Fsp3) is 0.643. The summed E-state index contributed by atoms with van der Waals surface area (Å²) in [4.78, 5) is 1.82. The third kappa shape index (κ3) is 4.06. The van der Waals surface area contributed by atoms with Crippen molar-refractivity contribution in [2.45, 2.75) is 38.4 Å². The van der Waals surface area contributed by atoms with E-state index in [9.17, 15) is 21.6 Å². The standard InChI is InChI=1S/C14H19F3N6O2S/c1-2-9-26(24,25)21-10-5-7-22(8-6-10)12-4-3-11-18-19-13(14(15,16)17)23(11)20-12/h3-4,10,21H,2,5-9H2,1H3. The average molecular weight is 392 g/mol. The zero-order valence-electron chi connectivity index (χ0n) is 14.1. The molecule has 0 bridgehead atoms. The third-order valence-electron chi connectivity index (χ3n) is 4.14. The van der Waals surface area contributed by atoms with Crippen molar-refractivity contribution in [3.8, 4) is 0 Å². The van der Waals surface area contributed by atoms with E-state index in [1.54, 1.807) is 13.0 Å². The van der Waals surface area contributed by atoms with Crippen LogP contribution in [0.15, 0.2) is 12.1 Å². The number of nitrogens with one attached hydrogen (secondary N) is 1. The average Bonchev–Trinajstić information content (AvgIpc) is 2.98. The van der Waals surface area contributed by atoms with Crippen molar-refractivity contribution in [3.63, 3.8) is 0 Å². The second-order valence-electron chi connectivity index (χ2n) is 6.18. The maximum absolute atomic E-state index is 13.0. The number of nitrogens with zero attached hydrogens (tertiary/aromatic N) is 5. The third-order valence-corrected chi connectivity index (χ3v) is 5.78. The Morgan fingerprint density at radius 3 is 2.54 bits per heavy atom. The molecule has 3 rings (SSSR count). The van der Waals surface area contributed by atoms with Crippen LogP contribution < -0.4 is 9.62 Å². The van der Waals surface area contributed by atoms with Gasteiger partial charge in [-0.25, -0.2) is 13.1 Å². The van der Waals surface area contributed by atoms with Gasteiger partial charge in [0.1, 0.15) is 5.82 Å². The van der Waals surface area contributed by atoms with Crippen LogP contribution in [0.5, 0.6) is 0 Å². The second-order valence-corrected chi connectivity index (χ2v) is 8.05. The highest BCUT2D eigenvalue weighted by molar-refractivity contribution is 7.89. The molecule has 0 radical (unpaired) electrons. The number of sulfonamides is 1. The molecule has 2 aromatic rings. The van der Waals surface area contributed by atoms with Crippen LogP contribution in [0.1, 0.15) is 32.0 Å². The SMILES string of the molecule is CCCS(=O)(=O)NC1CCN(c2ccc3nnc(C(F)(F)F)n3n2)CC1. The molecule has 0 aromatic carbocycles. The van der Waals surface area contributed by atoms with Gasteiger partial charge < -0.3 is 4.90 Å². The lowest BCUT2D eigenvalue weighted by atomic mass is 10.1. The Balaban J connectivity index is 1.72.